The Labute approximate surface area is 160 Å². The molecule has 1 heterocycles. The molecule has 2 aromatic carbocycles. The van der Waals surface area contributed by atoms with Gasteiger partial charge in [-0.15, -0.1) is 12.4 Å². The number of hydrogen-bond donors (Lipinski definition) is 1. The lowest BCUT2D eigenvalue weighted by Crippen LogP contribution is -2.36. The molecule has 1 aliphatic heterocycles. The molecule has 1 saturated carbocycles. The number of benzene rings is 2. The normalized spacial score (nSPS) is 24.0. The minimum absolute atomic E-state index is 0. The first-order valence-corrected chi connectivity index (χ1v) is 9.03. The van der Waals surface area contributed by atoms with Crippen LogP contribution in [0.1, 0.15) is 12.8 Å². The van der Waals surface area contributed by atoms with Gasteiger partial charge in [0.25, 0.3) is 5.91 Å². The Hall–Kier alpha value is -2.04. The van der Waals surface area contributed by atoms with Crippen molar-refractivity contribution >= 4 is 18.3 Å². The number of para-hydroxylation sites is 1. The predicted octanol–water partition coefficient (Wildman–Crippen LogP) is 3.35. The zero-order valence-corrected chi connectivity index (χ0v) is 15.5. The lowest BCUT2D eigenvalue weighted by atomic mass is 9.98. The third kappa shape index (κ3) is 3.71. The van der Waals surface area contributed by atoms with Crippen LogP contribution in [0.5, 0.6) is 5.75 Å². The molecule has 0 aromatic heterocycles. The van der Waals surface area contributed by atoms with Crippen molar-refractivity contribution in [3.8, 4) is 16.9 Å². The predicted molar refractivity (Wildman–Crippen MR) is 105 cm³/mol. The molecule has 2 N–H and O–H groups in total. The summed E-state index contributed by atoms with van der Waals surface area (Å²) in [5, 5.41) is 0. The van der Waals surface area contributed by atoms with E-state index < -0.39 is 0 Å². The van der Waals surface area contributed by atoms with Crippen LogP contribution in [0.3, 0.4) is 0 Å². The Morgan fingerprint density at radius 3 is 2.54 bits per heavy atom. The van der Waals surface area contributed by atoms with Crippen LogP contribution in [-0.4, -0.2) is 36.5 Å². The smallest absolute Gasteiger partial charge is 0.260 e. The Bertz CT molecular complexity index is 753. The van der Waals surface area contributed by atoms with Crippen molar-refractivity contribution in [3.63, 3.8) is 0 Å². The molecule has 1 saturated heterocycles. The Morgan fingerprint density at radius 1 is 1.04 bits per heavy atom. The highest BCUT2D eigenvalue weighted by Crippen LogP contribution is 2.37. The maximum atomic E-state index is 12.6. The van der Waals surface area contributed by atoms with Crippen LogP contribution >= 0.6 is 12.4 Å². The standard InChI is InChI=1S/C21H24N2O2.ClH/c22-19-11-10-16-12-23(13-18(16)19)21(24)14-25-20-9-5-4-8-17(20)15-6-2-1-3-7-15;/h1-9,16,18-19H,10-14,22H2;1H. The number of carbonyl (C=O) groups is 1. The summed E-state index contributed by atoms with van der Waals surface area (Å²) in [6, 6.07) is 18.2. The largest absolute Gasteiger partial charge is 0.483 e. The number of nitrogens with zero attached hydrogens (tertiary/aromatic N) is 1. The zero-order chi connectivity index (χ0) is 17.2. The molecule has 1 aliphatic carbocycles. The van der Waals surface area contributed by atoms with Crippen LogP contribution in [0.15, 0.2) is 54.6 Å². The fraction of sp³-hybridized carbons (Fsp3) is 0.381. The molecular weight excluding hydrogens is 348 g/mol. The topological polar surface area (TPSA) is 55.6 Å². The van der Waals surface area contributed by atoms with Crippen LogP contribution in [-0.2, 0) is 4.79 Å². The summed E-state index contributed by atoms with van der Waals surface area (Å²) >= 11 is 0. The van der Waals surface area contributed by atoms with E-state index in [2.05, 4.69) is 0 Å². The van der Waals surface area contributed by atoms with Gasteiger partial charge in [-0.25, -0.2) is 0 Å². The van der Waals surface area contributed by atoms with Crippen molar-refractivity contribution in [3.05, 3.63) is 54.6 Å². The van der Waals surface area contributed by atoms with E-state index in [4.69, 9.17) is 10.5 Å². The second-order valence-electron chi connectivity index (χ2n) is 7.11. The SMILES string of the molecule is Cl.NC1CCC2CN(C(=O)COc3ccccc3-c3ccccc3)CC12. The molecule has 2 aromatic rings. The van der Waals surface area contributed by atoms with E-state index in [1.54, 1.807) is 0 Å². The first-order valence-electron chi connectivity index (χ1n) is 9.03. The highest BCUT2D eigenvalue weighted by molar-refractivity contribution is 5.85. The van der Waals surface area contributed by atoms with Gasteiger partial charge >= 0.3 is 0 Å². The molecule has 4 nitrogen and oxygen atoms in total. The molecule has 0 spiro atoms. The molecule has 26 heavy (non-hydrogen) atoms. The van der Waals surface area contributed by atoms with Gasteiger partial charge < -0.3 is 15.4 Å². The zero-order valence-electron chi connectivity index (χ0n) is 14.7. The molecular formula is C21H25ClN2O2. The van der Waals surface area contributed by atoms with Crippen LogP contribution in [0, 0.1) is 11.8 Å². The highest BCUT2D eigenvalue weighted by atomic mass is 35.5. The Morgan fingerprint density at radius 2 is 1.77 bits per heavy atom. The van der Waals surface area contributed by atoms with Crippen molar-refractivity contribution in [1.82, 2.24) is 4.90 Å². The second kappa shape index (κ2) is 8.11. The molecule has 2 fully saturated rings. The average Bonchev–Trinajstić information content (AvgIpc) is 3.23. The molecule has 5 heteroatoms. The molecule has 4 rings (SSSR count). The van der Waals surface area contributed by atoms with Crippen LogP contribution in [0.4, 0.5) is 0 Å². The minimum Gasteiger partial charge on any atom is -0.483 e. The van der Waals surface area contributed by atoms with E-state index >= 15 is 0 Å². The summed E-state index contributed by atoms with van der Waals surface area (Å²) in [7, 11) is 0. The van der Waals surface area contributed by atoms with E-state index in [1.165, 1.54) is 0 Å². The highest BCUT2D eigenvalue weighted by Gasteiger charge is 2.42. The van der Waals surface area contributed by atoms with Gasteiger partial charge in [0.05, 0.1) is 0 Å². The number of fused-ring (bicyclic) bond motifs is 1. The molecule has 138 valence electrons. The van der Waals surface area contributed by atoms with Crippen LogP contribution in [0.25, 0.3) is 11.1 Å². The molecule has 0 bridgehead atoms. The first kappa shape index (κ1) is 18.7. The third-order valence-corrected chi connectivity index (χ3v) is 5.59. The number of carbonyl (C=O) groups excluding carboxylic acids is 1. The number of amides is 1. The Kier molecular flexibility index (Phi) is 5.84. The van der Waals surface area contributed by atoms with E-state index in [9.17, 15) is 4.79 Å². The number of halogens is 1. The van der Waals surface area contributed by atoms with Crippen molar-refractivity contribution < 1.29 is 9.53 Å². The summed E-state index contributed by atoms with van der Waals surface area (Å²) < 4.78 is 5.89. The van der Waals surface area contributed by atoms with Crippen LogP contribution in [0.2, 0.25) is 0 Å². The van der Waals surface area contributed by atoms with Gasteiger partial charge in [-0.2, -0.15) is 0 Å². The number of ether oxygens (including phenoxy) is 1. The van der Waals surface area contributed by atoms with Gasteiger partial charge in [0.15, 0.2) is 6.61 Å². The molecule has 2 aliphatic rings. The third-order valence-electron chi connectivity index (χ3n) is 5.59. The molecule has 3 atom stereocenters. The van der Waals surface area contributed by atoms with E-state index in [0.29, 0.717) is 11.8 Å². The van der Waals surface area contributed by atoms with Gasteiger partial charge in [-0.3, -0.25) is 4.79 Å². The monoisotopic (exact) mass is 372 g/mol. The number of nitrogens with two attached hydrogens (primary N) is 1. The summed E-state index contributed by atoms with van der Waals surface area (Å²) in [5.41, 5.74) is 8.26. The molecule has 3 unspecified atom stereocenters. The van der Waals surface area contributed by atoms with E-state index in [1.807, 2.05) is 59.5 Å². The van der Waals surface area contributed by atoms with E-state index in [-0.39, 0.29) is 31.0 Å². The van der Waals surface area contributed by atoms with Gasteiger partial charge in [0.2, 0.25) is 0 Å². The number of rotatable bonds is 4. The fourth-order valence-electron chi connectivity index (χ4n) is 4.19. The van der Waals surface area contributed by atoms with E-state index in [0.717, 1.165) is 42.8 Å². The Balaban J connectivity index is 0.00000196. The van der Waals surface area contributed by atoms with Crippen molar-refractivity contribution in [2.45, 2.75) is 18.9 Å². The fourth-order valence-corrected chi connectivity index (χ4v) is 4.19. The first-order chi connectivity index (χ1) is 12.2. The van der Waals surface area contributed by atoms with Gasteiger partial charge in [-0.05, 0) is 36.3 Å². The summed E-state index contributed by atoms with van der Waals surface area (Å²) in [4.78, 5) is 14.5. The number of likely N-dealkylation sites (tertiary alicyclic amines) is 1. The quantitative estimate of drug-likeness (QED) is 0.895. The van der Waals surface area contributed by atoms with Crippen molar-refractivity contribution in [1.29, 1.82) is 0 Å². The molecule has 1 amide bonds. The lowest BCUT2D eigenvalue weighted by molar-refractivity contribution is -0.132. The van der Waals surface area contributed by atoms with Gasteiger partial charge in [0.1, 0.15) is 5.75 Å². The van der Waals surface area contributed by atoms with Crippen LogP contribution < -0.4 is 10.5 Å². The lowest BCUT2D eigenvalue weighted by Gasteiger charge is -2.19. The summed E-state index contributed by atoms with van der Waals surface area (Å²) in [6.07, 6.45) is 2.24. The van der Waals surface area contributed by atoms with Crippen molar-refractivity contribution in [2.75, 3.05) is 19.7 Å². The van der Waals surface area contributed by atoms with Gasteiger partial charge in [-0.1, -0.05) is 48.5 Å². The summed E-state index contributed by atoms with van der Waals surface area (Å²) in [5.74, 6) is 1.86. The van der Waals surface area contributed by atoms with Gasteiger partial charge in [0, 0.05) is 24.7 Å². The van der Waals surface area contributed by atoms with Crippen molar-refractivity contribution in [2.24, 2.45) is 17.6 Å². The summed E-state index contributed by atoms with van der Waals surface area (Å²) in [6.45, 7) is 1.70. The maximum Gasteiger partial charge on any atom is 0.260 e. The average molecular weight is 373 g/mol. The number of hydrogen-bond acceptors (Lipinski definition) is 3. The maximum absolute atomic E-state index is 12.6. The minimum atomic E-state index is 0. The molecule has 0 radical (unpaired) electrons. The second-order valence-corrected chi connectivity index (χ2v) is 7.11.